The molecule has 41 heavy (non-hydrogen) atoms. The molecule has 4 atom stereocenters. The zero-order chi connectivity index (χ0) is 28.9. The zero-order valence-corrected chi connectivity index (χ0v) is 27.6. The predicted octanol–water partition coefficient (Wildman–Crippen LogP) is 6.59. The first-order chi connectivity index (χ1) is 20.1. The van der Waals surface area contributed by atoms with Gasteiger partial charge in [0.2, 0.25) is 0 Å². The van der Waals surface area contributed by atoms with Crippen LogP contribution in [0.4, 0.5) is 0 Å². The van der Waals surface area contributed by atoms with E-state index in [1.807, 2.05) is 19.1 Å². The van der Waals surface area contributed by atoms with Gasteiger partial charge in [-0.15, -0.1) is 0 Å². The van der Waals surface area contributed by atoms with E-state index >= 15 is 0 Å². The second-order valence-corrected chi connectivity index (χ2v) is 14.4. The van der Waals surface area contributed by atoms with Crippen molar-refractivity contribution in [3.05, 3.63) is 53.3 Å². The van der Waals surface area contributed by atoms with Crippen LogP contribution in [0, 0.1) is 0 Å². The SMILES string of the molecule is CCCC(=O)c1ccc(Sc2cc3nc(c2)CN[C@@H]2CCCC[C@H]2NCCN[C@@H]2CCCC[C@H]2NC3)cc1.[Cl][Mn][Cl]. The van der Waals surface area contributed by atoms with E-state index in [-0.39, 0.29) is 18.9 Å². The Balaban J connectivity index is 0.00000124. The van der Waals surface area contributed by atoms with Crippen LogP contribution in [0.5, 0.6) is 0 Å². The number of Topliss-reactive ketones (excluding diaryl/α,β-unsaturated/α-hetero) is 1. The van der Waals surface area contributed by atoms with Crippen molar-refractivity contribution in [3.63, 3.8) is 0 Å². The molecule has 0 amide bonds. The van der Waals surface area contributed by atoms with Gasteiger partial charge in [0, 0.05) is 72.1 Å². The van der Waals surface area contributed by atoms with E-state index in [1.54, 1.807) is 11.8 Å². The third-order valence-electron chi connectivity index (χ3n) is 8.35. The Labute approximate surface area is 265 Å². The van der Waals surface area contributed by atoms with E-state index in [1.165, 1.54) is 56.3 Å². The van der Waals surface area contributed by atoms with E-state index < -0.39 is 0 Å². The molecule has 227 valence electrons. The molecule has 1 aromatic heterocycles. The number of ketones is 1. The summed E-state index contributed by atoms with van der Waals surface area (Å²) in [6.45, 7) is 5.69. The molecule has 1 aliphatic heterocycles. The third-order valence-corrected chi connectivity index (χ3v) is 9.33. The molecule has 0 unspecified atom stereocenters. The molecule has 6 nitrogen and oxygen atoms in total. The average molecular weight is 662 g/mol. The van der Waals surface area contributed by atoms with Crippen molar-refractivity contribution in [3.8, 4) is 0 Å². The van der Waals surface area contributed by atoms with Gasteiger partial charge in [-0.05, 0) is 56.4 Å². The third kappa shape index (κ3) is 10.8. The molecule has 10 heteroatoms. The second kappa shape index (κ2) is 18.2. The quantitative estimate of drug-likeness (QED) is 0.213. The molecule has 0 radical (unpaired) electrons. The fourth-order valence-electron chi connectivity index (χ4n) is 6.30. The van der Waals surface area contributed by atoms with Crippen LogP contribution < -0.4 is 21.3 Å². The van der Waals surface area contributed by atoms with E-state index in [0.717, 1.165) is 54.4 Å². The van der Waals surface area contributed by atoms with E-state index in [2.05, 4.69) is 45.5 Å². The van der Waals surface area contributed by atoms with Crippen molar-refractivity contribution in [2.45, 2.75) is 118 Å². The molecule has 2 aromatic rings. The predicted molar refractivity (Wildman–Crippen MR) is 168 cm³/mol. The maximum absolute atomic E-state index is 12.3. The summed E-state index contributed by atoms with van der Waals surface area (Å²) in [6.07, 6.45) is 11.7. The second-order valence-electron chi connectivity index (χ2n) is 11.3. The van der Waals surface area contributed by atoms with Crippen LogP contribution in [0.2, 0.25) is 0 Å². The molecule has 0 spiro atoms. The number of carbonyl (C=O) groups is 1. The Morgan fingerprint density at radius 1 is 0.805 bits per heavy atom. The zero-order valence-electron chi connectivity index (χ0n) is 24.1. The number of carbonyl (C=O) groups excluding carboxylic acids is 1. The van der Waals surface area contributed by atoms with Gasteiger partial charge < -0.3 is 21.3 Å². The molecule has 5 rings (SSSR count). The monoisotopic (exact) mass is 660 g/mol. The number of nitrogens with one attached hydrogen (secondary N) is 4. The van der Waals surface area contributed by atoms with Crippen LogP contribution >= 0.6 is 32.0 Å². The average Bonchev–Trinajstić information content (AvgIpc) is 2.99. The van der Waals surface area contributed by atoms with Crippen molar-refractivity contribution in [1.82, 2.24) is 26.3 Å². The summed E-state index contributed by atoms with van der Waals surface area (Å²) >= 11 is 1.77. The molecule has 2 saturated carbocycles. The Morgan fingerprint density at radius 2 is 1.27 bits per heavy atom. The molecule has 1 aromatic carbocycles. The van der Waals surface area contributed by atoms with Gasteiger partial charge in [0.1, 0.15) is 0 Å². The van der Waals surface area contributed by atoms with E-state index in [9.17, 15) is 4.79 Å². The summed E-state index contributed by atoms with van der Waals surface area (Å²) in [5.74, 6) is 0.227. The van der Waals surface area contributed by atoms with E-state index in [0.29, 0.717) is 30.6 Å². The van der Waals surface area contributed by atoms with Gasteiger partial charge in [0.15, 0.2) is 5.78 Å². The van der Waals surface area contributed by atoms with Gasteiger partial charge in [-0.25, -0.2) is 0 Å². The summed E-state index contributed by atoms with van der Waals surface area (Å²) in [7, 11) is 9.59. The van der Waals surface area contributed by atoms with Crippen LogP contribution in [0.25, 0.3) is 0 Å². The summed E-state index contributed by atoms with van der Waals surface area (Å²) < 4.78 is 0. The Hall–Kier alpha value is -0.671. The van der Waals surface area contributed by atoms with Crippen LogP contribution in [0.15, 0.2) is 46.2 Å². The molecule has 3 aliphatic rings. The first-order valence-electron chi connectivity index (χ1n) is 15.2. The number of halogens is 2. The molecule has 2 bridgehead atoms. The summed E-state index contributed by atoms with van der Waals surface area (Å²) in [5, 5.41) is 15.4. The van der Waals surface area contributed by atoms with Crippen LogP contribution in [0.3, 0.4) is 0 Å². The number of rotatable bonds is 5. The molecule has 2 heterocycles. The van der Waals surface area contributed by atoms with Crippen LogP contribution in [-0.4, -0.2) is 48.0 Å². The normalized spacial score (nSPS) is 25.3. The molecular weight excluding hydrogens is 616 g/mol. The van der Waals surface area contributed by atoms with Crippen molar-refractivity contribution >= 4 is 37.7 Å². The number of pyridine rings is 1. The van der Waals surface area contributed by atoms with Gasteiger partial charge in [-0.2, -0.15) is 0 Å². The Morgan fingerprint density at radius 3 is 1.73 bits per heavy atom. The van der Waals surface area contributed by atoms with Crippen molar-refractivity contribution in [2.75, 3.05) is 13.1 Å². The number of hydrogen-bond acceptors (Lipinski definition) is 7. The minimum atomic E-state index is 0.00694. The van der Waals surface area contributed by atoms with Gasteiger partial charge in [-0.3, -0.25) is 9.78 Å². The van der Waals surface area contributed by atoms with Crippen LogP contribution in [-0.2, 0) is 26.2 Å². The fraction of sp³-hybridized carbons (Fsp3) is 0.613. The van der Waals surface area contributed by atoms with E-state index in [4.69, 9.17) is 25.2 Å². The first-order valence-corrected chi connectivity index (χ1v) is 19.3. The Bertz CT molecular complexity index is 1030. The topological polar surface area (TPSA) is 78.1 Å². The first kappa shape index (κ1) is 33.2. The van der Waals surface area contributed by atoms with Crippen molar-refractivity contribution in [2.24, 2.45) is 0 Å². The number of nitrogens with zero attached hydrogens (tertiary/aromatic N) is 1. The Kier molecular flexibility index (Phi) is 14.8. The molecule has 2 aliphatic carbocycles. The number of benzene rings is 1. The molecular formula is C31H45Cl2MnN5OS. The summed E-state index contributed by atoms with van der Waals surface area (Å²) in [5.41, 5.74) is 3.03. The molecule has 2 fully saturated rings. The van der Waals surface area contributed by atoms with Gasteiger partial charge in [-0.1, -0.05) is 56.5 Å². The molecule has 0 saturated heterocycles. The maximum atomic E-state index is 12.3. The minimum absolute atomic E-state index is 0.00694. The number of hydrogen-bond donors (Lipinski definition) is 4. The standard InChI is InChI=1S/C31H45N5OS.2ClH.Mn/c1-2-7-31(37)22-12-14-25(15-13-22)38-26-18-23-20-34-29-10-5-3-8-27(29)32-16-17-33-28-9-4-6-11-30(28)35-21-24(19-26)36-23;;;/h12-15,18-19,27-30,32-35H,2-11,16-17,20-21H2,1H3;2*1H;/q;;;+2/p-2/t27-,28-,29-,30-;;;/m1.../s1. The van der Waals surface area contributed by atoms with Crippen molar-refractivity contribution in [1.29, 1.82) is 0 Å². The van der Waals surface area contributed by atoms with Crippen molar-refractivity contribution < 1.29 is 17.9 Å². The van der Waals surface area contributed by atoms with Gasteiger partial charge in [0.25, 0.3) is 0 Å². The number of fused-ring (bicyclic) bond motifs is 4. The molecule has 4 N–H and O–H groups in total. The van der Waals surface area contributed by atoms with Crippen LogP contribution in [0.1, 0.15) is 92.9 Å². The summed E-state index contributed by atoms with van der Waals surface area (Å²) in [6, 6.07) is 14.6. The fourth-order valence-corrected chi connectivity index (χ4v) is 7.24. The number of aromatic nitrogens is 1. The van der Waals surface area contributed by atoms with Gasteiger partial charge in [0.05, 0.1) is 11.4 Å². The summed E-state index contributed by atoms with van der Waals surface area (Å²) in [4.78, 5) is 19.7. The van der Waals surface area contributed by atoms with Gasteiger partial charge >= 0.3 is 33.3 Å².